The molecular formula is C15H26N4. The lowest BCUT2D eigenvalue weighted by atomic mass is 9.85. The Hall–Kier alpha value is -1.13. The smallest absolute Gasteiger partial charge is 0.128 e. The van der Waals surface area contributed by atoms with Gasteiger partial charge in [0, 0.05) is 17.3 Å². The highest BCUT2D eigenvalue weighted by atomic mass is 15.2. The third-order valence-corrected chi connectivity index (χ3v) is 4.44. The van der Waals surface area contributed by atoms with Gasteiger partial charge in [-0.1, -0.05) is 0 Å². The van der Waals surface area contributed by atoms with Gasteiger partial charge < -0.3 is 11.1 Å². The van der Waals surface area contributed by atoms with Crippen molar-refractivity contribution in [2.24, 2.45) is 0 Å². The molecule has 1 aromatic heterocycles. The Morgan fingerprint density at radius 3 is 2.53 bits per heavy atom. The first-order valence-electron chi connectivity index (χ1n) is 7.11. The SMILES string of the molecule is CNC(c1c(C)ccnc1N)C(C)(C)N1CCCC1. The van der Waals surface area contributed by atoms with Crippen molar-refractivity contribution in [3.8, 4) is 0 Å². The highest BCUT2D eigenvalue weighted by Gasteiger charge is 2.38. The van der Waals surface area contributed by atoms with E-state index in [-0.39, 0.29) is 11.6 Å². The molecule has 0 amide bonds. The van der Waals surface area contributed by atoms with Gasteiger partial charge in [-0.25, -0.2) is 4.98 Å². The third kappa shape index (κ3) is 2.60. The van der Waals surface area contributed by atoms with E-state index in [0.717, 1.165) is 5.56 Å². The molecule has 1 saturated heterocycles. The fourth-order valence-corrected chi connectivity index (χ4v) is 3.29. The fourth-order valence-electron chi connectivity index (χ4n) is 3.29. The molecule has 1 atom stereocenters. The van der Waals surface area contributed by atoms with Crippen LogP contribution < -0.4 is 11.1 Å². The van der Waals surface area contributed by atoms with Crippen LogP contribution in [0.3, 0.4) is 0 Å². The molecule has 0 bridgehead atoms. The van der Waals surface area contributed by atoms with Crippen molar-refractivity contribution in [2.45, 2.75) is 45.2 Å². The van der Waals surface area contributed by atoms with Crippen molar-refractivity contribution in [3.63, 3.8) is 0 Å². The summed E-state index contributed by atoms with van der Waals surface area (Å²) in [6.45, 7) is 9.04. The van der Waals surface area contributed by atoms with E-state index < -0.39 is 0 Å². The third-order valence-electron chi connectivity index (χ3n) is 4.44. The molecule has 106 valence electrons. The molecule has 1 unspecified atom stereocenters. The first kappa shape index (κ1) is 14.3. The predicted octanol–water partition coefficient (Wildman–Crippen LogP) is 2.11. The van der Waals surface area contributed by atoms with Gasteiger partial charge in [-0.2, -0.15) is 0 Å². The minimum Gasteiger partial charge on any atom is -0.383 e. The van der Waals surface area contributed by atoms with Crippen LogP contribution in [0.2, 0.25) is 0 Å². The maximum atomic E-state index is 6.12. The van der Waals surface area contributed by atoms with Gasteiger partial charge >= 0.3 is 0 Å². The summed E-state index contributed by atoms with van der Waals surface area (Å²) in [6, 6.07) is 2.23. The summed E-state index contributed by atoms with van der Waals surface area (Å²) in [7, 11) is 2.01. The second-order valence-corrected chi connectivity index (χ2v) is 6.00. The lowest BCUT2D eigenvalue weighted by molar-refractivity contribution is 0.110. The van der Waals surface area contributed by atoms with Crippen molar-refractivity contribution in [1.82, 2.24) is 15.2 Å². The quantitative estimate of drug-likeness (QED) is 0.872. The summed E-state index contributed by atoms with van der Waals surface area (Å²) >= 11 is 0. The monoisotopic (exact) mass is 262 g/mol. The van der Waals surface area contributed by atoms with Gasteiger partial charge in [0.2, 0.25) is 0 Å². The van der Waals surface area contributed by atoms with E-state index in [1.54, 1.807) is 6.20 Å². The zero-order valence-electron chi connectivity index (χ0n) is 12.5. The highest BCUT2D eigenvalue weighted by Crippen LogP contribution is 2.36. The largest absolute Gasteiger partial charge is 0.383 e. The van der Waals surface area contributed by atoms with Gasteiger partial charge in [-0.15, -0.1) is 0 Å². The van der Waals surface area contributed by atoms with Gasteiger partial charge in [0.1, 0.15) is 5.82 Å². The number of rotatable bonds is 4. The van der Waals surface area contributed by atoms with Crippen LogP contribution in [0.5, 0.6) is 0 Å². The van der Waals surface area contributed by atoms with E-state index in [1.165, 1.54) is 31.5 Å². The van der Waals surface area contributed by atoms with E-state index in [2.05, 4.69) is 36.0 Å². The first-order chi connectivity index (χ1) is 8.98. The number of aryl methyl sites for hydroxylation is 1. The zero-order valence-corrected chi connectivity index (χ0v) is 12.5. The number of nitrogens with zero attached hydrogens (tertiary/aromatic N) is 2. The van der Waals surface area contributed by atoms with Crippen LogP contribution in [-0.2, 0) is 0 Å². The average molecular weight is 262 g/mol. The molecule has 1 aliphatic heterocycles. The van der Waals surface area contributed by atoms with E-state index >= 15 is 0 Å². The number of nitrogen functional groups attached to an aromatic ring is 1. The van der Waals surface area contributed by atoms with Crippen LogP contribution >= 0.6 is 0 Å². The first-order valence-corrected chi connectivity index (χ1v) is 7.11. The minimum absolute atomic E-state index is 0.0349. The molecule has 2 heterocycles. The predicted molar refractivity (Wildman–Crippen MR) is 80.1 cm³/mol. The van der Waals surface area contributed by atoms with Crippen LogP contribution in [0.15, 0.2) is 12.3 Å². The number of pyridine rings is 1. The lowest BCUT2D eigenvalue weighted by Gasteiger charge is -2.43. The summed E-state index contributed by atoms with van der Waals surface area (Å²) in [4.78, 5) is 6.82. The van der Waals surface area contributed by atoms with Crippen LogP contribution in [0.25, 0.3) is 0 Å². The van der Waals surface area contributed by atoms with E-state index in [0.29, 0.717) is 5.82 Å². The molecule has 0 spiro atoms. The summed E-state index contributed by atoms with van der Waals surface area (Å²) in [5.41, 5.74) is 8.51. The summed E-state index contributed by atoms with van der Waals surface area (Å²) in [5.74, 6) is 0.645. The van der Waals surface area contributed by atoms with Crippen molar-refractivity contribution >= 4 is 5.82 Å². The van der Waals surface area contributed by atoms with Crippen LogP contribution in [0, 0.1) is 6.92 Å². The molecule has 0 aliphatic carbocycles. The molecule has 3 N–H and O–H groups in total. The van der Waals surface area contributed by atoms with Gasteiger partial charge in [0.25, 0.3) is 0 Å². The van der Waals surface area contributed by atoms with Crippen molar-refractivity contribution < 1.29 is 0 Å². The number of anilines is 1. The lowest BCUT2D eigenvalue weighted by Crippen LogP contribution is -2.51. The maximum absolute atomic E-state index is 6.12. The molecule has 4 heteroatoms. The standard InChI is InChI=1S/C15H26N4/c1-11-7-8-18-14(16)12(11)13(17-4)15(2,3)19-9-5-6-10-19/h7-8,13,17H,5-6,9-10H2,1-4H3,(H2,16,18). The number of likely N-dealkylation sites (N-methyl/N-ethyl adjacent to an activating group) is 1. The van der Waals surface area contributed by atoms with Crippen LogP contribution in [0.4, 0.5) is 5.82 Å². The number of aromatic nitrogens is 1. The zero-order chi connectivity index (χ0) is 14.0. The van der Waals surface area contributed by atoms with Crippen molar-refractivity contribution in [3.05, 3.63) is 23.4 Å². The average Bonchev–Trinajstić information content (AvgIpc) is 2.88. The Balaban J connectivity index is 2.38. The molecule has 0 radical (unpaired) electrons. The second kappa shape index (κ2) is 5.47. The maximum Gasteiger partial charge on any atom is 0.128 e. The van der Waals surface area contributed by atoms with Gasteiger partial charge in [-0.3, -0.25) is 4.90 Å². The Morgan fingerprint density at radius 2 is 2.00 bits per heavy atom. The van der Waals surface area contributed by atoms with Gasteiger partial charge in [0.15, 0.2) is 0 Å². The Bertz CT molecular complexity index is 416. The fraction of sp³-hybridized carbons (Fsp3) is 0.667. The molecule has 4 nitrogen and oxygen atoms in total. The van der Waals surface area contributed by atoms with Gasteiger partial charge in [0.05, 0.1) is 6.04 Å². The van der Waals surface area contributed by atoms with Crippen molar-refractivity contribution in [2.75, 3.05) is 25.9 Å². The number of hydrogen-bond acceptors (Lipinski definition) is 4. The molecule has 19 heavy (non-hydrogen) atoms. The Labute approximate surface area is 116 Å². The number of nitrogens with two attached hydrogens (primary N) is 1. The number of hydrogen-bond donors (Lipinski definition) is 2. The molecule has 0 aromatic carbocycles. The number of nitrogens with one attached hydrogen (secondary N) is 1. The Morgan fingerprint density at radius 1 is 1.37 bits per heavy atom. The van der Waals surface area contributed by atoms with E-state index in [4.69, 9.17) is 5.73 Å². The normalized spacial score (nSPS) is 18.7. The van der Waals surface area contributed by atoms with Crippen LogP contribution in [0.1, 0.15) is 43.9 Å². The highest BCUT2D eigenvalue weighted by molar-refractivity contribution is 5.47. The molecular weight excluding hydrogens is 236 g/mol. The van der Waals surface area contributed by atoms with Crippen molar-refractivity contribution in [1.29, 1.82) is 0 Å². The topological polar surface area (TPSA) is 54.2 Å². The summed E-state index contributed by atoms with van der Waals surface area (Å²) in [5, 5.41) is 3.46. The summed E-state index contributed by atoms with van der Waals surface area (Å²) < 4.78 is 0. The van der Waals surface area contributed by atoms with Crippen LogP contribution in [-0.4, -0.2) is 35.6 Å². The number of likely N-dealkylation sites (tertiary alicyclic amines) is 1. The molecule has 0 saturated carbocycles. The Kier molecular flexibility index (Phi) is 4.11. The second-order valence-electron chi connectivity index (χ2n) is 6.00. The molecule has 2 rings (SSSR count). The van der Waals surface area contributed by atoms with E-state index in [1.807, 2.05) is 13.1 Å². The van der Waals surface area contributed by atoms with E-state index in [9.17, 15) is 0 Å². The molecule has 1 aromatic rings. The molecule has 1 fully saturated rings. The minimum atomic E-state index is 0.0349. The van der Waals surface area contributed by atoms with Gasteiger partial charge in [-0.05, 0) is 65.4 Å². The molecule has 1 aliphatic rings. The summed E-state index contributed by atoms with van der Waals surface area (Å²) in [6.07, 6.45) is 4.37.